The third kappa shape index (κ3) is 4.25. The maximum Gasteiger partial charge on any atom is 0.272 e. The van der Waals surface area contributed by atoms with Crippen LogP contribution >= 0.6 is 12.4 Å². The number of carbonyl (C=O) groups excluding carboxylic acids is 1. The average molecular weight is 421 g/mol. The molecule has 1 fully saturated rings. The van der Waals surface area contributed by atoms with Crippen LogP contribution in [0.3, 0.4) is 0 Å². The van der Waals surface area contributed by atoms with Gasteiger partial charge < -0.3 is 14.8 Å². The van der Waals surface area contributed by atoms with Gasteiger partial charge in [-0.05, 0) is 25.3 Å². The first-order valence-electron chi connectivity index (χ1n) is 9.68. The van der Waals surface area contributed by atoms with Crippen LogP contribution in [-0.4, -0.2) is 50.1 Å². The molecule has 2 aliphatic rings. The first-order valence-corrected chi connectivity index (χ1v) is 9.68. The number of nitrogens with one attached hydrogen (secondary N) is 1. The maximum atomic E-state index is 12.7. The third-order valence-corrected chi connectivity index (χ3v) is 5.82. The number of aromatic nitrogens is 3. The Morgan fingerprint density at radius 2 is 2.03 bits per heavy atom. The van der Waals surface area contributed by atoms with Crippen molar-refractivity contribution in [2.45, 2.75) is 45.2 Å². The van der Waals surface area contributed by atoms with Crippen LogP contribution in [0, 0.1) is 17.0 Å². The van der Waals surface area contributed by atoms with Crippen molar-refractivity contribution < 1.29 is 9.72 Å². The molecule has 9 nitrogen and oxygen atoms in total. The van der Waals surface area contributed by atoms with Crippen molar-refractivity contribution in [3.05, 3.63) is 51.1 Å². The highest BCUT2D eigenvalue weighted by Crippen LogP contribution is 2.29. The van der Waals surface area contributed by atoms with Gasteiger partial charge in [-0.15, -0.1) is 22.6 Å². The van der Waals surface area contributed by atoms with E-state index in [0.29, 0.717) is 24.6 Å². The molecule has 0 bridgehead atoms. The number of carbonyl (C=O) groups is 1. The number of rotatable bonds is 4. The van der Waals surface area contributed by atoms with E-state index in [-0.39, 0.29) is 30.4 Å². The minimum Gasteiger partial charge on any atom is -0.342 e. The summed E-state index contributed by atoms with van der Waals surface area (Å²) in [6, 6.07) is 4.91. The molecule has 3 heterocycles. The predicted molar refractivity (Wildman–Crippen MR) is 109 cm³/mol. The van der Waals surface area contributed by atoms with Gasteiger partial charge in [-0.2, -0.15) is 0 Å². The van der Waals surface area contributed by atoms with Crippen LogP contribution in [0.2, 0.25) is 0 Å². The van der Waals surface area contributed by atoms with Gasteiger partial charge in [0.15, 0.2) is 0 Å². The van der Waals surface area contributed by atoms with E-state index in [4.69, 9.17) is 0 Å². The van der Waals surface area contributed by atoms with Crippen LogP contribution in [0.25, 0.3) is 0 Å². The molecule has 1 aromatic heterocycles. The Morgan fingerprint density at radius 1 is 1.28 bits per heavy atom. The number of piperidine rings is 1. The van der Waals surface area contributed by atoms with Crippen LogP contribution in [0.4, 0.5) is 5.69 Å². The maximum absolute atomic E-state index is 12.7. The van der Waals surface area contributed by atoms with Crippen molar-refractivity contribution >= 4 is 24.0 Å². The zero-order valence-electron chi connectivity index (χ0n) is 16.3. The van der Waals surface area contributed by atoms with Crippen LogP contribution in [0.15, 0.2) is 18.2 Å². The summed E-state index contributed by atoms with van der Waals surface area (Å²) in [7, 11) is 0. The number of amides is 1. The Labute approximate surface area is 175 Å². The van der Waals surface area contributed by atoms with Crippen molar-refractivity contribution in [1.82, 2.24) is 25.0 Å². The summed E-state index contributed by atoms with van der Waals surface area (Å²) in [5.41, 5.74) is 1.36. The molecule has 10 heteroatoms. The molecule has 2 aliphatic heterocycles. The van der Waals surface area contributed by atoms with Gasteiger partial charge in [0.1, 0.15) is 11.6 Å². The molecule has 29 heavy (non-hydrogen) atoms. The van der Waals surface area contributed by atoms with Crippen LogP contribution < -0.4 is 5.32 Å². The second-order valence-electron chi connectivity index (χ2n) is 7.45. The molecule has 1 saturated heterocycles. The van der Waals surface area contributed by atoms with Crippen molar-refractivity contribution in [2.75, 3.05) is 19.6 Å². The number of likely N-dealkylation sites (tertiary alicyclic amines) is 1. The van der Waals surface area contributed by atoms with E-state index in [1.165, 1.54) is 6.07 Å². The lowest BCUT2D eigenvalue weighted by Gasteiger charge is -2.32. The predicted octanol–water partition coefficient (Wildman–Crippen LogP) is 1.97. The van der Waals surface area contributed by atoms with Gasteiger partial charge in [-0.1, -0.05) is 12.1 Å². The SMILES string of the molecule is Cc1c(CC(=O)N2CCC(c3nnc4n3CCNC4)CC2)cccc1[N+](=O)[O-].Cl. The van der Waals surface area contributed by atoms with Crippen LogP contribution in [-0.2, 0) is 24.3 Å². The zero-order valence-corrected chi connectivity index (χ0v) is 17.2. The number of nitro groups is 1. The first kappa shape index (κ1) is 21.2. The zero-order chi connectivity index (χ0) is 19.7. The first-order chi connectivity index (χ1) is 13.5. The normalized spacial score (nSPS) is 16.8. The monoisotopic (exact) mass is 420 g/mol. The largest absolute Gasteiger partial charge is 0.342 e. The van der Waals surface area contributed by atoms with E-state index in [1.807, 2.05) is 4.90 Å². The summed E-state index contributed by atoms with van der Waals surface area (Å²) in [6.07, 6.45) is 1.93. The quantitative estimate of drug-likeness (QED) is 0.598. The minimum absolute atomic E-state index is 0. The number of nitrogens with zero attached hydrogens (tertiary/aromatic N) is 5. The molecular weight excluding hydrogens is 396 g/mol. The molecule has 1 aromatic carbocycles. The topological polar surface area (TPSA) is 106 Å². The van der Waals surface area contributed by atoms with E-state index in [9.17, 15) is 14.9 Å². The molecule has 0 unspecified atom stereocenters. The molecule has 1 N–H and O–H groups in total. The molecule has 2 aromatic rings. The molecule has 0 atom stereocenters. The van der Waals surface area contributed by atoms with E-state index in [0.717, 1.165) is 49.7 Å². The molecule has 0 aliphatic carbocycles. The summed E-state index contributed by atoms with van der Waals surface area (Å²) in [5, 5.41) is 23.1. The summed E-state index contributed by atoms with van der Waals surface area (Å²) in [4.78, 5) is 25.3. The van der Waals surface area contributed by atoms with Crippen LogP contribution in [0.1, 0.15) is 41.5 Å². The summed E-state index contributed by atoms with van der Waals surface area (Å²) in [6.45, 7) is 5.64. The summed E-state index contributed by atoms with van der Waals surface area (Å²) in [5.74, 6) is 2.37. The lowest BCUT2D eigenvalue weighted by molar-refractivity contribution is -0.385. The molecule has 0 saturated carbocycles. The van der Waals surface area contributed by atoms with Crippen molar-refractivity contribution in [3.8, 4) is 0 Å². The van der Waals surface area contributed by atoms with Gasteiger partial charge >= 0.3 is 0 Å². The van der Waals surface area contributed by atoms with E-state index < -0.39 is 4.92 Å². The Morgan fingerprint density at radius 3 is 2.76 bits per heavy atom. The Bertz CT molecular complexity index is 907. The lowest BCUT2D eigenvalue weighted by Crippen LogP contribution is -2.39. The standard InChI is InChI=1S/C19H24N6O3.ClH/c1-13-15(3-2-4-16(13)25(27)28)11-18(26)23-8-5-14(6-9-23)19-22-21-17-12-20-7-10-24(17)19;/h2-4,14,20H,5-12H2,1H3;1H. The van der Waals surface area contributed by atoms with Gasteiger partial charge in [0.05, 0.1) is 17.9 Å². The molecule has 1 amide bonds. The smallest absolute Gasteiger partial charge is 0.272 e. The summed E-state index contributed by atoms with van der Waals surface area (Å²) >= 11 is 0. The molecule has 0 spiro atoms. The van der Waals surface area contributed by atoms with E-state index >= 15 is 0 Å². The van der Waals surface area contributed by atoms with Crippen molar-refractivity contribution in [3.63, 3.8) is 0 Å². The molecule has 0 radical (unpaired) electrons. The number of hydrogen-bond acceptors (Lipinski definition) is 6. The van der Waals surface area contributed by atoms with E-state index in [1.54, 1.807) is 19.1 Å². The molecule has 4 rings (SSSR count). The number of fused-ring (bicyclic) bond motifs is 1. The number of benzene rings is 1. The van der Waals surface area contributed by atoms with Gasteiger partial charge in [0.25, 0.3) is 5.69 Å². The highest BCUT2D eigenvalue weighted by Gasteiger charge is 2.29. The van der Waals surface area contributed by atoms with Gasteiger partial charge in [-0.3, -0.25) is 14.9 Å². The van der Waals surface area contributed by atoms with Crippen molar-refractivity contribution in [1.29, 1.82) is 0 Å². The summed E-state index contributed by atoms with van der Waals surface area (Å²) < 4.78 is 2.21. The number of hydrogen-bond donors (Lipinski definition) is 1. The fraction of sp³-hybridized carbons (Fsp3) is 0.526. The fourth-order valence-corrected chi connectivity index (χ4v) is 4.14. The highest BCUT2D eigenvalue weighted by molar-refractivity contribution is 5.85. The van der Waals surface area contributed by atoms with Gasteiger partial charge in [0, 0.05) is 43.7 Å². The Hall–Kier alpha value is -2.52. The lowest BCUT2D eigenvalue weighted by atomic mass is 9.95. The van der Waals surface area contributed by atoms with Gasteiger partial charge in [0.2, 0.25) is 5.91 Å². The molecule has 156 valence electrons. The van der Waals surface area contributed by atoms with Crippen molar-refractivity contribution in [2.24, 2.45) is 0 Å². The van der Waals surface area contributed by atoms with Gasteiger partial charge in [-0.25, -0.2) is 0 Å². The minimum atomic E-state index is -0.399. The highest BCUT2D eigenvalue weighted by atomic mass is 35.5. The Balaban J connectivity index is 0.00000240. The Kier molecular flexibility index (Phi) is 6.49. The van der Waals surface area contributed by atoms with E-state index in [2.05, 4.69) is 20.1 Å². The number of halogens is 1. The second kappa shape index (κ2) is 8.87. The average Bonchev–Trinajstić information content (AvgIpc) is 3.13. The molecular formula is C19H25ClN6O3. The third-order valence-electron chi connectivity index (χ3n) is 5.82. The number of nitro benzene ring substituents is 1. The second-order valence-corrected chi connectivity index (χ2v) is 7.45. The fourth-order valence-electron chi connectivity index (χ4n) is 4.14. The van der Waals surface area contributed by atoms with Crippen LogP contribution in [0.5, 0.6) is 0 Å².